The van der Waals surface area contributed by atoms with Crippen molar-refractivity contribution in [3.63, 3.8) is 0 Å². The van der Waals surface area contributed by atoms with Gasteiger partial charge in [-0.25, -0.2) is 0 Å². The number of rotatable bonds is 5. The van der Waals surface area contributed by atoms with Gasteiger partial charge in [-0.15, -0.1) is 0 Å². The number of halogens is 1. The summed E-state index contributed by atoms with van der Waals surface area (Å²) in [7, 11) is 1.58. The first-order chi connectivity index (χ1) is 11.9. The van der Waals surface area contributed by atoms with Gasteiger partial charge in [0, 0.05) is 12.1 Å². The molecule has 1 heterocycles. The predicted molar refractivity (Wildman–Crippen MR) is 105 cm³/mol. The molecule has 0 radical (unpaired) electrons. The molecule has 2 aromatic rings. The Hall–Kier alpha value is -2.13. The number of amides is 1. The van der Waals surface area contributed by atoms with E-state index in [0.717, 1.165) is 15.9 Å². The lowest BCUT2D eigenvalue weighted by atomic mass is 10.3. The average Bonchev–Trinajstić information content (AvgIpc) is 2.85. The Kier molecular flexibility index (Phi) is 6.77. The number of hydrazine groups is 1. The molecule has 0 atom stereocenters. The topological polar surface area (TPSA) is 80.2 Å². The van der Waals surface area contributed by atoms with Crippen molar-refractivity contribution in [2.45, 2.75) is 26.8 Å². The number of ether oxygens (including phenoxy) is 1. The molecule has 0 aliphatic carbocycles. The van der Waals surface area contributed by atoms with Crippen LogP contribution in [0.2, 0.25) is 0 Å². The van der Waals surface area contributed by atoms with Crippen LogP contribution in [0.1, 0.15) is 17.8 Å². The summed E-state index contributed by atoms with van der Waals surface area (Å²) in [6.07, 6.45) is 0.276. The fraction of sp³-hybridized carbons (Fsp3) is 0.312. The Labute approximate surface area is 160 Å². The first-order valence-electron chi connectivity index (χ1n) is 7.60. The molecule has 0 aliphatic rings. The molecule has 0 saturated heterocycles. The summed E-state index contributed by atoms with van der Waals surface area (Å²) in [4.78, 5) is 12.0. The van der Waals surface area contributed by atoms with E-state index < -0.39 is 0 Å². The molecule has 3 N–H and O–H groups in total. The number of aryl methyl sites for hydroxylation is 2. The summed E-state index contributed by atoms with van der Waals surface area (Å²) in [5, 5.41) is 7.61. The van der Waals surface area contributed by atoms with Crippen LogP contribution in [0.25, 0.3) is 0 Å². The number of para-hydroxylation sites is 2. The van der Waals surface area contributed by atoms with E-state index in [2.05, 4.69) is 37.2 Å². The fourth-order valence-corrected chi connectivity index (χ4v) is 2.64. The van der Waals surface area contributed by atoms with E-state index in [-0.39, 0.29) is 17.4 Å². The predicted octanol–water partition coefficient (Wildman–Crippen LogP) is 2.68. The smallest absolute Gasteiger partial charge is 0.240 e. The number of nitrogens with one attached hydrogen (secondary N) is 3. The average molecular weight is 426 g/mol. The molecule has 25 heavy (non-hydrogen) atoms. The molecule has 0 unspecified atom stereocenters. The Morgan fingerprint density at radius 1 is 1.32 bits per heavy atom. The highest BCUT2D eigenvalue weighted by Crippen LogP contribution is 2.22. The van der Waals surface area contributed by atoms with E-state index in [9.17, 15) is 4.79 Å². The van der Waals surface area contributed by atoms with Crippen molar-refractivity contribution in [3.05, 3.63) is 40.1 Å². The summed E-state index contributed by atoms with van der Waals surface area (Å²) in [5.41, 5.74) is 7.85. The number of nitrogens with zero attached hydrogens (tertiary/aromatic N) is 2. The number of methoxy groups -OCH3 is 1. The number of carbonyl (C=O) groups is 1. The second-order valence-corrected chi connectivity index (χ2v) is 6.49. The zero-order valence-corrected chi connectivity index (χ0v) is 16.6. The normalized spacial score (nSPS) is 10.2. The van der Waals surface area contributed by atoms with Gasteiger partial charge in [0.15, 0.2) is 5.11 Å². The van der Waals surface area contributed by atoms with Gasteiger partial charge in [-0.1, -0.05) is 12.1 Å². The maximum Gasteiger partial charge on any atom is 0.240 e. The minimum Gasteiger partial charge on any atom is -0.495 e. The Balaban J connectivity index is 1.79. The standard InChI is InChI=1S/C16H20BrN5O2S/c1-10-15(17)11(2)22(21-10)9-8-14(23)19-20-16(25)18-12-6-4-5-7-13(12)24-3/h4-7H,8-9H2,1-3H3,(H,19,23)(H2,18,20,25). The highest BCUT2D eigenvalue weighted by Gasteiger charge is 2.10. The molecular formula is C16H20BrN5O2S. The number of aromatic nitrogens is 2. The molecule has 1 amide bonds. The quantitative estimate of drug-likeness (QED) is 0.504. The highest BCUT2D eigenvalue weighted by atomic mass is 79.9. The van der Waals surface area contributed by atoms with Crippen LogP contribution in [0.15, 0.2) is 28.7 Å². The van der Waals surface area contributed by atoms with Gasteiger partial charge >= 0.3 is 0 Å². The lowest BCUT2D eigenvalue weighted by molar-refractivity contribution is -0.121. The zero-order valence-electron chi connectivity index (χ0n) is 14.2. The van der Waals surface area contributed by atoms with Crippen molar-refractivity contribution in [2.24, 2.45) is 0 Å². The third-order valence-electron chi connectivity index (χ3n) is 3.51. The molecule has 0 fully saturated rings. The number of thiocarbonyl (C=S) groups is 1. The van der Waals surface area contributed by atoms with Gasteiger partial charge in [-0.3, -0.25) is 20.3 Å². The number of hydrogen-bond acceptors (Lipinski definition) is 4. The number of hydrogen-bond donors (Lipinski definition) is 3. The van der Waals surface area contributed by atoms with Gasteiger partial charge in [-0.05, 0) is 54.1 Å². The zero-order chi connectivity index (χ0) is 18.4. The first kappa shape index (κ1) is 19.2. The van der Waals surface area contributed by atoms with Crippen molar-refractivity contribution in [1.82, 2.24) is 20.6 Å². The fourth-order valence-electron chi connectivity index (χ4n) is 2.19. The lowest BCUT2D eigenvalue weighted by Crippen LogP contribution is -2.44. The van der Waals surface area contributed by atoms with Crippen molar-refractivity contribution >= 4 is 44.9 Å². The maximum absolute atomic E-state index is 12.0. The summed E-state index contributed by atoms with van der Waals surface area (Å²) < 4.78 is 7.99. The Bertz CT molecular complexity index is 778. The number of benzene rings is 1. The molecule has 0 spiro atoms. The third-order valence-corrected chi connectivity index (χ3v) is 4.87. The summed E-state index contributed by atoms with van der Waals surface area (Å²) in [6.45, 7) is 4.35. The lowest BCUT2D eigenvalue weighted by Gasteiger charge is -2.14. The van der Waals surface area contributed by atoms with E-state index >= 15 is 0 Å². The Morgan fingerprint density at radius 2 is 2.04 bits per heavy atom. The van der Waals surface area contributed by atoms with Gasteiger partial charge < -0.3 is 10.1 Å². The van der Waals surface area contributed by atoms with Crippen molar-refractivity contribution in [2.75, 3.05) is 12.4 Å². The molecule has 0 saturated carbocycles. The monoisotopic (exact) mass is 425 g/mol. The van der Waals surface area contributed by atoms with Crippen LogP contribution in [-0.2, 0) is 11.3 Å². The molecule has 1 aromatic heterocycles. The van der Waals surface area contributed by atoms with Crippen LogP contribution in [0, 0.1) is 13.8 Å². The SMILES string of the molecule is COc1ccccc1NC(=S)NNC(=O)CCn1nc(C)c(Br)c1C. The maximum atomic E-state index is 12.0. The van der Waals surface area contributed by atoms with E-state index in [4.69, 9.17) is 17.0 Å². The van der Waals surface area contributed by atoms with Gasteiger partial charge in [0.2, 0.25) is 5.91 Å². The van der Waals surface area contributed by atoms with E-state index in [1.807, 2.05) is 38.1 Å². The van der Waals surface area contributed by atoms with E-state index in [1.54, 1.807) is 11.8 Å². The highest BCUT2D eigenvalue weighted by molar-refractivity contribution is 9.10. The Morgan fingerprint density at radius 3 is 2.68 bits per heavy atom. The van der Waals surface area contributed by atoms with Crippen molar-refractivity contribution in [3.8, 4) is 5.75 Å². The molecule has 0 bridgehead atoms. The molecular weight excluding hydrogens is 406 g/mol. The molecule has 134 valence electrons. The van der Waals surface area contributed by atoms with Crippen LogP contribution in [-0.4, -0.2) is 27.9 Å². The molecule has 9 heteroatoms. The molecule has 1 aromatic carbocycles. The first-order valence-corrected chi connectivity index (χ1v) is 8.81. The van der Waals surface area contributed by atoms with E-state index in [0.29, 0.717) is 18.0 Å². The minimum absolute atomic E-state index is 0.187. The number of anilines is 1. The minimum atomic E-state index is -0.187. The summed E-state index contributed by atoms with van der Waals surface area (Å²) in [6, 6.07) is 7.36. The van der Waals surface area contributed by atoms with Crippen LogP contribution < -0.4 is 20.9 Å². The van der Waals surface area contributed by atoms with Crippen LogP contribution >= 0.6 is 28.1 Å². The van der Waals surface area contributed by atoms with Gasteiger partial charge in [0.1, 0.15) is 5.75 Å². The summed E-state index contributed by atoms with van der Waals surface area (Å²) >= 11 is 8.63. The molecule has 7 nitrogen and oxygen atoms in total. The summed E-state index contributed by atoms with van der Waals surface area (Å²) in [5.74, 6) is 0.473. The second kappa shape index (κ2) is 8.82. The largest absolute Gasteiger partial charge is 0.495 e. The number of carbonyl (C=O) groups excluding carboxylic acids is 1. The second-order valence-electron chi connectivity index (χ2n) is 5.29. The van der Waals surface area contributed by atoms with Crippen LogP contribution in [0.3, 0.4) is 0 Å². The molecule has 0 aliphatic heterocycles. The van der Waals surface area contributed by atoms with Crippen molar-refractivity contribution < 1.29 is 9.53 Å². The van der Waals surface area contributed by atoms with Gasteiger partial charge in [-0.2, -0.15) is 5.10 Å². The van der Waals surface area contributed by atoms with Gasteiger partial charge in [0.05, 0.1) is 29.5 Å². The molecule has 2 rings (SSSR count). The van der Waals surface area contributed by atoms with E-state index in [1.165, 1.54) is 0 Å². The van der Waals surface area contributed by atoms with Crippen molar-refractivity contribution in [1.29, 1.82) is 0 Å². The van der Waals surface area contributed by atoms with Crippen LogP contribution in [0.5, 0.6) is 5.75 Å². The third kappa shape index (κ3) is 5.17. The van der Waals surface area contributed by atoms with Crippen LogP contribution in [0.4, 0.5) is 5.69 Å². The van der Waals surface area contributed by atoms with Gasteiger partial charge in [0.25, 0.3) is 0 Å².